The molecule has 1 saturated heterocycles. The molecule has 148 valence electrons. The number of para-hydroxylation sites is 1. The average molecular weight is 378 g/mol. The summed E-state index contributed by atoms with van der Waals surface area (Å²) in [5, 5.41) is 21.0. The minimum atomic E-state index is -2.02. The first-order valence-electron chi connectivity index (χ1n) is 8.98. The maximum absolute atomic E-state index is 12.4. The lowest BCUT2D eigenvalue weighted by atomic mass is 9.96. The number of aliphatic hydroxyl groups is 1. The molecule has 3 N–H and O–H groups in total. The van der Waals surface area contributed by atoms with Crippen LogP contribution in [0.15, 0.2) is 30.3 Å². The van der Waals surface area contributed by atoms with E-state index in [9.17, 15) is 19.5 Å². The lowest BCUT2D eigenvalue weighted by molar-refractivity contribution is -0.156. The molecule has 1 aliphatic heterocycles. The molecule has 1 aromatic rings. The number of carboxylic acid groups (broad SMARTS) is 1. The van der Waals surface area contributed by atoms with Gasteiger partial charge in [0.25, 0.3) is 0 Å². The number of hydrogen-bond donors (Lipinski definition) is 3. The second-order valence-electron chi connectivity index (χ2n) is 6.89. The number of piperidine rings is 1. The van der Waals surface area contributed by atoms with Crippen molar-refractivity contribution >= 4 is 17.8 Å². The molecule has 8 nitrogen and oxygen atoms in total. The van der Waals surface area contributed by atoms with Crippen molar-refractivity contribution in [3.8, 4) is 5.75 Å². The minimum absolute atomic E-state index is 0.0824. The number of ether oxygens (including phenoxy) is 1. The summed E-state index contributed by atoms with van der Waals surface area (Å²) in [4.78, 5) is 37.1. The Morgan fingerprint density at radius 2 is 2.00 bits per heavy atom. The summed E-state index contributed by atoms with van der Waals surface area (Å²) < 4.78 is 5.53. The molecular weight excluding hydrogens is 352 g/mol. The van der Waals surface area contributed by atoms with Crippen molar-refractivity contribution in [2.75, 3.05) is 26.2 Å². The van der Waals surface area contributed by atoms with Crippen LogP contribution in [-0.4, -0.2) is 64.7 Å². The van der Waals surface area contributed by atoms with Crippen LogP contribution >= 0.6 is 0 Å². The fourth-order valence-electron chi connectivity index (χ4n) is 2.83. The van der Waals surface area contributed by atoms with E-state index in [2.05, 4.69) is 5.32 Å². The molecule has 0 radical (unpaired) electrons. The van der Waals surface area contributed by atoms with Gasteiger partial charge >= 0.3 is 5.97 Å². The topological polar surface area (TPSA) is 116 Å². The molecule has 0 spiro atoms. The second kappa shape index (κ2) is 9.36. The lowest BCUT2D eigenvalue weighted by Crippen LogP contribution is -2.50. The Balaban J connectivity index is 1.77. The van der Waals surface area contributed by atoms with Crippen molar-refractivity contribution in [3.63, 3.8) is 0 Å². The van der Waals surface area contributed by atoms with Gasteiger partial charge in [0.05, 0.1) is 25.5 Å². The van der Waals surface area contributed by atoms with Crippen LogP contribution in [-0.2, 0) is 14.4 Å². The van der Waals surface area contributed by atoms with E-state index in [1.165, 1.54) is 0 Å². The lowest BCUT2D eigenvalue weighted by Gasteiger charge is -2.32. The number of hydrogen-bond acceptors (Lipinski definition) is 5. The van der Waals surface area contributed by atoms with Gasteiger partial charge in [-0.3, -0.25) is 9.59 Å². The Morgan fingerprint density at radius 3 is 2.67 bits per heavy atom. The molecule has 2 amide bonds. The number of carbonyl (C=O) groups excluding carboxylic acids is 2. The van der Waals surface area contributed by atoms with Crippen LogP contribution < -0.4 is 10.1 Å². The Labute approximate surface area is 158 Å². The molecule has 0 aliphatic carbocycles. The van der Waals surface area contributed by atoms with Gasteiger partial charge in [-0.05, 0) is 31.9 Å². The summed E-state index contributed by atoms with van der Waals surface area (Å²) in [6.07, 6.45) is 1.53. The molecule has 0 saturated carbocycles. The highest BCUT2D eigenvalue weighted by Gasteiger charge is 2.33. The first kappa shape index (κ1) is 20.7. The van der Waals surface area contributed by atoms with E-state index in [1.54, 1.807) is 4.90 Å². The van der Waals surface area contributed by atoms with Gasteiger partial charge in [-0.1, -0.05) is 18.2 Å². The van der Waals surface area contributed by atoms with E-state index in [0.29, 0.717) is 25.1 Å². The molecule has 1 heterocycles. The molecule has 0 aromatic heterocycles. The monoisotopic (exact) mass is 378 g/mol. The third-order valence-corrected chi connectivity index (χ3v) is 4.54. The standard InChI is InChI=1S/C19H26N2O6/c1-19(26,18(24)25)13-20-17(23)14-6-5-10-21(12-14)16(22)9-11-27-15-7-3-2-4-8-15/h2-4,7-8,14,26H,5-6,9-13H2,1H3,(H,20,23)(H,24,25). The highest BCUT2D eigenvalue weighted by molar-refractivity contribution is 5.83. The van der Waals surface area contributed by atoms with Gasteiger partial charge in [-0.15, -0.1) is 0 Å². The van der Waals surface area contributed by atoms with Gasteiger partial charge in [0.15, 0.2) is 5.60 Å². The first-order chi connectivity index (χ1) is 12.8. The molecule has 1 aromatic carbocycles. The molecule has 2 unspecified atom stereocenters. The summed E-state index contributed by atoms with van der Waals surface area (Å²) in [7, 11) is 0. The van der Waals surface area contributed by atoms with Gasteiger partial charge < -0.3 is 25.2 Å². The summed E-state index contributed by atoms with van der Waals surface area (Å²) in [6.45, 7) is 1.87. The number of carboxylic acids is 1. The maximum atomic E-state index is 12.4. The zero-order chi connectivity index (χ0) is 19.9. The Morgan fingerprint density at radius 1 is 1.30 bits per heavy atom. The summed E-state index contributed by atoms with van der Waals surface area (Å²) in [5.41, 5.74) is -2.02. The number of amides is 2. The van der Waals surface area contributed by atoms with Crippen molar-refractivity contribution in [3.05, 3.63) is 30.3 Å². The SMILES string of the molecule is CC(O)(CNC(=O)C1CCCN(C(=O)CCOc2ccccc2)C1)C(=O)O. The van der Waals surface area contributed by atoms with Gasteiger partial charge in [-0.2, -0.15) is 0 Å². The van der Waals surface area contributed by atoms with E-state index in [0.717, 1.165) is 6.92 Å². The molecular formula is C19H26N2O6. The molecule has 2 rings (SSSR count). The molecule has 1 aliphatic rings. The Bertz CT molecular complexity index is 661. The number of carbonyl (C=O) groups is 3. The zero-order valence-corrected chi connectivity index (χ0v) is 15.4. The molecule has 2 atom stereocenters. The van der Waals surface area contributed by atoms with Crippen LogP contribution in [0.2, 0.25) is 0 Å². The second-order valence-corrected chi connectivity index (χ2v) is 6.89. The van der Waals surface area contributed by atoms with Crippen LogP contribution in [0.5, 0.6) is 5.75 Å². The first-order valence-corrected chi connectivity index (χ1v) is 8.98. The maximum Gasteiger partial charge on any atom is 0.337 e. The molecule has 8 heteroatoms. The predicted octanol–water partition coefficient (Wildman–Crippen LogP) is 0.646. The number of aliphatic carboxylic acids is 1. The van der Waals surface area contributed by atoms with E-state index in [1.807, 2.05) is 30.3 Å². The fourth-order valence-corrected chi connectivity index (χ4v) is 2.83. The summed E-state index contributed by atoms with van der Waals surface area (Å²) in [6, 6.07) is 9.22. The Kier molecular flexibility index (Phi) is 7.18. The van der Waals surface area contributed by atoms with Crippen molar-refractivity contribution in [1.29, 1.82) is 0 Å². The van der Waals surface area contributed by atoms with Crippen LogP contribution in [0.4, 0.5) is 0 Å². The molecule has 27 heavy (non-hydrogen) atoms. The molecule has 1 fully saturated rings. The summed E-state index contributed by atoms with van der Waals surface area (Å²) in [5.74, 6) is -1.55. The number of nitrogens with one attached hydrogen (secondary N) is 1. The fraction of sp³-hybridized carbons (Fsp3) is 0.526. The van der Waals surface area contributed by atoms with Crippen LogP contribution in [0.1, 0.15) is 26.2 Å². The minimum Gasteiger partial charge on any atom is -0.493 e. The van der Waals surface area contributed by atoms with Crippen molar-refractivity contribution < 1.29 is 29.3 Å². The number of rotatable bonds is 8. The highest BCUT2D eigenvalue weighted by Crippen LogP contribution is 2.18. The third-order valence-electron chi connectivity index (χ3n) is 4.54. The average Bonchev–Trinajstić information content (AvgIpc) is 2.67. The number of nitrogens with zero attached hydrogens (tertiary/aromatic N) is 1. The van der Waals surface area contributed by atoms with Crippen molar-refractivity contribution in [1.82, 2.24) is 10.2 Å². The van der Waals surface area contributed by atoms with Crippen LogP contribution in [0.25, 0.3) is 0 Å². The smallest absolute Gasteiger partial charge is 0.337 e. The normalized spacial score (nSPS) is 19.0. The zero-order valence-electron chi connectivity index (χ0n) is 15.4. The third kappa shape index (κ3) is 6.25. The van der Waals surface area contributed by atoms with Gasteiger partial charge in [0.1, 0.15) is 5.75 Å². The quantitative estimate of drug-likeness (QED) is 0.612. The van der Waals surface area contributed by atoms with Crippen LogP contribution in [0, 0.1) is 5.92 Å². The van der Waals surface area contributed by atoms with Gasteiger partial charge in [-0.25, -0.2) is 4.79 Å². The van der Waals surface area contributed by atoms with E-state index in [4.69, 9.17) is 9.84 Å². The largest absolute Gasteiger partial charge is 0.493 e. The van der Waals surface area contributed by atoms with Crippen LogP contribution in [0.3, 0.4) is 0 Å². The number of benzene rings is 1. The number of likely N-dealkylation sites (tertiary alicyclic amines) is 1. The van der Waals surface area contributed by atoms with E-state index >= 15 is 0 Å². The molecule has 0 bridgehead atoms. The van der Waals surface area contributed by atoms with Gasteiger partial charge in [0, 0.05) is 13.1 Å². The van der Waals surface area contributed by atoms with E-state index in [-0.39, 0.29) is 37.9 Å². The van der Waals surface area contributed by atoms with E-state index < -0.39 is 17.5 Å². The van der Waals surface area contributed by atoms with Crippen molar-refractivity contribution in [2.45, 2.75) is 31.8 Å². The Hall–Kier alpha value is -2.61. The van der Waals surface area contributed by atoms with Crippen molar-refractivity contribution in [2.24, 2.45) is 5.92 Å². The summed E-state index contributed by atoms with van der Waals surface area (Å²) >= 11 is 0. The highest BCUT2D eigenvalue weighted by atomic mass is 16.5. The van der Waals surface area contributed by atoms with Gasteiger partial charge in [0.2, 0.25) is 11.8 Å². The predicted molar refractivity (Wildman–Crippen MR) is 97.1 cm³/mol.